The Labute approximate surface area is 486 Å². The van der Waals surface area contributed by atoms with E-state index < -0.39 is 159 Å². The van der Waals surface area contributed by atoms with Gasteiger partial charge in [0.25, 0.3) is 0 Å². The number of rotatable bonds is 20. The smallest absolute Gasteiger partial charge is 0.338 e. The number of ether oxygens (including phenoxy) is 14. The molecule has 0 aromatic heterocycles. The van der Waals surface area contributed by atoms with Crippen molar-refractivity contribution in [1.82, 2.24) is 0 Å². The molecule has 85 heavy (non-hydrogen) atoms. The lowest BCUT2D eigenvalue weighted by atomic mass is 9.95. The summed E-state index contributed by atoms with van der Waals surface area (Å²) in [4.78, 5) is 122. The molecule has 448 valence electrons. The highest BCUT2D eigenvalue weighted by Gasteiger charge is 2.59. The SMILES string of the molecule is CC(=O)OC[C@H]1O[C@H](O[C@@H]2[C@H](OC(=O)c3ccccc3)[C@@H](OC(=O)c3ccccc3)[C@H](O[C@H]3[C@H](OC(=O)c4ccccc4)[C@@H](OC(=O)c4ccccc4)[C@@H](O)O[C@@H]3COC(=O)c3ccccc3)O[C@@H]2C)[C@H](OC(C)=O)[C@@H](OC(C)=O)[C@H]1OC(C)=O. The molecule has 0 radical (unpaired) electrons. The molecule has 3 fully saturated rings. The third-order valence-electron chi connectivity index (χ3n) is 13.3. The first-order valence-electron chi connectivity index (χ1n) is 26.7. The van der Waals surface area contributed by atoms with Crippen LogP contribution in [0.3, 0.4) is 0 Å². The van der Waals surface area contributed by atoms with Crippen molar-refractivity contribution in [3.8, 4) is 0 Å². The molecule has 3 heterocycles. The standard InChI is InChI=1S/C61H60O24/c1-33-45(84-61-52(77-37(5)65)50(76-36(4)64)46(75-35(3)63)44(79-61)31-72-34(2)62)48(80-55(67)39-23-13-7-14-24-39)53(83-58(70)42-29-19-10-20-30-42)60(74-33)85-47-43(32-73-54(66)38-21-11-6-12-22-38)78-59(71)51(82-57(69)41-27-17-9-18-28-41)49(47)81-56(68)40-25-15-8-16-26-40/h6-30,33,43-53,59-61,71H,31-32H2,1-5H3/t33-,43-,44-,45+,46+,47-,48+,49+,50+,51-,52-,53-,59+,60+,61-/m1/s1. The van der Waals surface area contributed by atoms with Gasteiger partial charge in [-0.15, -0.1) is 0 Å². The van der Waals surface area contributed by atoms with Crippen LogP contribution in [0.1, 0.15) is 86.4 Å². The molecule has 3 saturated heterocycles. The number of hydrogen-bond donors (Lipinski definition) is 1. The third kappa shape index (κ3) is 16.3. The molecule has 1 N–H and O–H groups in total. The predicted octanol–water partition coefficient (Wildman–Crippen LogP) is 5.06. The van der Waals surface area contributed by atoms with Gasteiger partial charge in [-0.05, 0) is 67.6 Å². The fourth-order valence-electron chi connectivity index (χ4n) is 9.47. The minimum atomic E-state index is -2.14. The van der Waals surface area contributed by atoms with E-state index in [0.29, 0.717) is 0 Å². The van der Waals surface area contributed by atoms with Gasteiger partial charge >= 0.3 is 53.7 Å². The number of aliphatic hydroxyl groups is 1. The number of esters is 9. The Morgan fingerprint density at radius 3 is 1.09 bits per heavy atom. The lowest BCUT2D eigenvalue weighted by Crippen LogP contribution is -2.68. The molecule has 0 aliphatic carbocycles. The quantitative estimate of drug-likeness (QED) is 0.0786. The minimum absolute atomic E-state index is 0.00215. The third-order valence-corrected chi connectivity index (χ3v) is 13.3. The Bertz CT molecular complexity index is 3110. The number of carbonyl (C=O) groups excluding carboxylic acids is 9. The van der Waals surface area contributed by atoms with Crippen LogP contribution >= 0.6 is 0 Å². The van der Waals surface area contributed by atoms with Gasteiger partial charge in [-0.3, -0.25) is 19.2 Å². The summed E-state index contributed by atoms with van der Waals surface area (Å²) in [7, 11) is 0. The molecular formula is C61H60O24. The largest absolute Gasteiger partial charge is 0.463 e. The molecule has 3 aliphatic rings. The van der Waals surface area contributed by atoms with Crippen molar-refractivity contribution in [1.29, 1.82) is 0 Å². The molecule has 0 spiro atoms. The lowest BCUT2D eigenvalue weighted by Gasteiger charge is -2.50. The summed E-state index contributed by atoms with van der Waals surface area (Å²) in [6.45, 7) is 4.10. The van der Waals surface area contributed by atoms with Gasteiger partial charge < -0.3 is 71.4 Å². The van der Waals surface area contributed by atoms with E-state index in [4.69, 9.17) is 66.3 Å². The molecule has 5 aromatic rings. The molecule has 15 atom stereocenters. The molecule has 24 nitrogen and oxygen atoms in total. The summed E-state index contributed by atoms with van der Waals surface area (Å²) in [5, 5.41) is 11.9. The van der Waals surface area contributed by atoms with Crippen LogP contribution < -0.4 is 0 Å². The minimum Gasteiger partial charge on any atom is -0.463 e. The zero-order valence-corrected chi connectivity index (χ0v) is 46.3. The van der Waals surface area contributed by atoms with Crippen LogP contribution in [0.15, 0.2) is 152 Å². The highest BCUT2D eigenvalue weighted by molar-refractivity contribution is 5.92. The second-order valence-electron chi connectivity index (χ2n) is 19.5. The van der Waals surface area contributed by atoms with Crippen molar-refractivity contribution in [2.75, 3.05) is 13.2 Å². The first kappa shape index (κ1) is 62.1. The first-order chi connectivity index (χ1) is 40.8. The maximum atomic E-state index is 14.6. The summed E-state index contributed by atoms with van der Waals surface area (Å²) in [6.07, 6.45) is -27.5. The van der Waals surface area contributed by atoms with E-state index in [2.05, 4.69) is 0 Å². The van der Waals surface area contributed by atoms with Crippen molar-refractivity contribution in [2.24, 2.45) is 0 Å². The van der Waals surface area contributed by atoms with E-state index in [1.807, 2.05) is 0 Å². The highest BCUT2D eigenvalue weighted by Crippen LogP contribution is 2.39. The molecule has 24 heteroatoms. The lowest BCUT2D eigenvalue weighted by molar-refractivity contribution is -0.372. The summed E-state index contributed by atoms with van der Waals surface area (Å²) >= 11 is 0. The zero-order chi connectivity index (χ0) is 60.7. The van der Waals surface area contributed by atoms with Gasteiger partial charge in [-0.1, -0.05) is 91.0 Å². The molecule has 5 aromatic carbocycles. The number of carbonyl (C=O) groups is 9. The second-order valence-corrected chi connectivity index (χ2v) is 19.5. The average molecular weight is 1180 g/mol. The summed E-state index contributed by atoms with van der Waals surface area (Å²) in [5.74, 6) is -8.72. The number of aliphatic hydroxyl groups excluding tert-OH is 1. The maximum Gasteiger partial charge on any atom is 0.338 e. The fourth-order valence-corrected chi connectivity index (χ4v) is 9.47. The van der Waals surface area contributed by atoms with Gasteiger partial charge in [0.15, 0.2) is 61.6 Å². The fraction of sp³-hybridized carbons (Fsp3) is 0.361. The molecule has 0 bridgehead atoms. The molecular weight excluding hydrogens is 1120 g/mol. The topological polar surface area (TPSA) is 303 Å². The van der Waals surface area contributed by atoms with Crippen molar-refractivity contribution in [3.63, 3.8) is 0 Å². The van der Waals surface area contributed by atoms with Crippen LogP contribution in [0.4, 0.5) is 0 Å². The van der Waals surface area contributed by atoms with Gasteiger partial charge in [0.2, 0.25) is 0 Å². The van der Waals surface area contributed by atoms with Crippen molar-refractivity contribution in [3.05, 3.63) is 179 Å². The van der Waals surface area contributed by atoms with Gasteiger partial charge in [0, 0.05) is 27.7 Å². The number of benzene rings is 5. The Morgan fingerprint density at radius 1 is 0.341 bits per heavy atom. The average Bonchev–Trinajstić information content (AvgIpc) is 2.34. The Balaban J connectivity index is 1.27. The van der Waals surface area contributed by atoms with Crippen molar-refractivity contribution < 1.29 is 115 Å². The Hall–Kier alpha value is -8.91. The first-order valence-corrected chi connectivity index (χ1v) is 26.7. The molecule has 0 unspecified atom stereocenters. The van der Waals surface area contributed by atoms with Gasteiger partial charge in [0.05, 0.1) is 33.9 Å². The zero-order valence-electron chi connectivity index (χ0n) is 46.3. The van der Waals surface area contributed by atoms with E-state index in [-0.39, 0.29) is 27.8 Å². The monoisotopic (exact) mass is 1180 g/mol. The summed E-state index contributed by atoms with van der Waals surface area (Å²) < 4.78 is 85.1. The predicted molar refractivity (Wildman–Crippen MR) is 286 cm³/mol. The van der Waals surface area contributed by atoms with Crippen molar-refractivity contribution >= 4 is 53.7 Å². The van der Waals surface area contributed by atoms with E-state index in [1.54, 1.807) is 66.7 Å². The van der Waals surface area contributed by atoms with Gasteiger partial charge in [-0.2, -0.15) is 0 Å². The molecule has 8 rings (SSSR count). The highest BCUT2D eigenvalue weighted by atomic mass is 16.8. The van der Waals surface area contributed by atoms with E-state index >= 15 is 0 Å². The summed E-state index contributed by atoms with van der Waals surface area (Å²) in [6, 6.07) is 37.9. The Kier molecular flexibility index (Phi) is 21.2. The van der Waals surface area contributed by atoms with Crippen LogP contribution in [-0.4, -0.2) is 164 Å². The van der Waals surface area contributed by atoms with Crippen LogP contribution in [0.5, 0.6) is 0 Å². The second kappa shape index (κ2) is 29.1. The van der Waals surface area contributed by atoms with Crippen molar-refractivity contribution in [2.45, 2.75) is 127 Å². The van der Waals surface area contributed by atoms with E-state index in [1.165, 1.54) is 91.9 Å². The van der Waals surface area contributed by atoms with Crippen LogP contribution in [0.2, 0.25) is 0 Å². The van der Waals surface area contributed by atoms with E-state index in [9.17, 15) is 48.3 Å². The summed E-state index contributed by atoms with van der Waals surface area (Å²) in [5.41, 5.74) is -0.00940. The molecule has 0 saturated carbocycles. The maximum absolute atomic E-state index is 14.6. The van der Waals surface area contributed by atoms with Crippen LogP contribution in [-0.2, 0) is 85.5 Å². The van der Waals surface area contributed by atoms with Crippen LogP contribution in [0, 0.1) is 0 Å². The van der Waals surface area contributed by atoms with Gasteiger partial charge in [-0.25, -0.2) is 24.0 Å². The van der Waals surface area contributed by atoms with Gasteiger partial charge in [0.1, 0.15) is 37.6 Å². The normalized spacial score (nSPS) is 27.1. The van der Waals surface area contributed by atoms with Crippen LogP contribution in [0.25, 0.3) is 0 Å². The molecule has 0 amide bonds. The number of hydrogen-bond acceptors (Lipinski definition) is 24. The molecule has 3 aliphatic heterocycles. The van der Waals surface area contributed by atoms with E-state index in [0.717, 1.165) is 27.7 Å². The Morgan fingerprint density at radius 2 is 0.659 bits per heavy atom.